The number of nitrogens with two attached hydrogens (primary N) is 1. The Kier molecular flexibility index (Phi) is 4.88. The molecule has 0 unspecified atom stereocenters. The topological polar surface area (TPSA) is 43.1 Å². The Morgan fingerprint density at radius 2 is 2.22 bits per heavy atom. The summed E-state index contributed by atoms with van der Waals surface area (Å²) < 4.78 is 0. The minimum Gasteiger partial charge on any atom is -0.370 e. The summed E-state index contributed by atoms with van der Waals surface area (Å²) in [6.07, 6.45) is 6.28. The maximum absolute atomic E-state index is 10.2. The zero-order valence-electron chi connectivity index (χ0n) is 5.76. The Bertz CT molecular complexity index is 107. The van der Waals surface area contributed by atoms with Gasteiger partial charge in [0.25, 0.3) is 0 Å². The third kappa shape index (κ3) is 7.21. The fraction of sp³-hybridized carbons (Fsp3) is 0.571. The van der Waals surface area contributed by atoms with Crippen LogP contribution in [0.25, 0.3) is 0 Å². The number of carbonyl (C=O) groups excluding carboxylic acids is 1. The summed E-state index contributed by atoms with van der Waals surface area (Å²) in [5, 5.41) is 0. The van der Waals surface area contributed by atoms with Crippen molar-refractivity contribution in [1.82, 2.24) is 0 Å². The Balaban J connectivity index is 3.09. The third-order valence-corrected chi connectivity index (χ3v) is 0.960. The molecule has 52 valence electrons. The van der Waals surface area contributed by atoms with Crippen LogP contribution in [0.2, 0.25) is 0 Å². The SMILES string of the molecule is CCC=CCCC(N)=O. The van der Waals surface area contributed by atoms with E-state index in [2.05, 4.69) is 6.92 Å². The molecule has 9 heavy (non-hydrogen) atoms. The number of primary amides is 1. The summed E-state index contributed by atoms with van der Waals surface area (Å²) >= 11 is 0. The van der Waals surface area contributed by atoms with Gasteiger partial charge in [0.1, 0.15) is 0 Å². The van der Waals surface area contributed by atoms with E-state index >= 15 is 0 Å². The summed E-state index contributed by atoms with van der Waals surface area (Å²) in [7, 11) is 0. The van der Waals surface area contributed by atoms with Crippen LogP contribution in [-0.4, -0.2) is 5.91 Å². The fourth-order valence-electron chi connectivity index (χ4n) is 0.510. The van der Waals surface area contributed by atoms with Gasteiger partial charge in [0.05, 0.1) is 0 Å². The molecular formula is C7H13NO. The van der Waals surface area contributed by atoms with Crippen molar-refractivity contribution in [1.29, 1.82) is 0 Å². The van der Waals surface area contributed by atoms with Crippen LogP contribution in [-0.2, 0) is 4.79 Å². The average Bonchev–Trinajstić information content (AvgIpc) is 1.80. The zero-order chi connectivity index (χ0) is 7.11. The van der Waals surface area contributed by atoms with Crippen LogP contribution in [0.1, 0.15) is 26.2 Å². The standard InChI is InChI=1S/C7H13NO/c1-2-3-4-5-6-7(8)9/h3-4H,2,5-6H2,1H3,(H2,8,9). The molecule has 1 amide bonds. The second-order valence-electron chi connectivity index (χ2n) is 1.88. The molecule has 0 bridgehead atoms. The van der Waals surface area contributed by atoms with Gasteiger partial charge in [-0.05, 0) is 12.8 Å². The molecule has 0 aliphatic carbocycles. The Morgan fingerprint density at radius 3 is 2.67 bits per heavy atom. The molecule has 0 aromatic carbocycles. The highest BCUT2D eigenvalue weighted by molar-refractivity contribution is 5.73. The molecule has 0 saturated heterocycles. The van der Waals surface area contributed by atoms with Crippen LogP contribution in [0, 0.1) is 0 Å². The minimum absolute atomic E-state index is 0.226. The molecule has 0 heterocycles. The lowest BCUT2D eigenvalue weighted by Crippen LogP contribution is -2.08. The molecule has 0 fully saturated rings. The van der Waals surface area contributed by atoms with E-state index in [-0.39, 0.29) is 5.91 Å². The molecular weight excluding hydrogens is 114 g/mol. The first-order chi connectivity index (χ1) is 4.27. The molecule has 0 spiro atoms. The summed E-state index contributed by atoms with van der Waals surface area (Å²) in [6, 6.07) is 0. The molecule has 0 rings (SSSR count). The third-order valence-electron chi connectivity index (χ3n) is 0.960. The van der Waals surface area contributed by atoms with Crippen molar-refractivity contribution in [3.63, 3.8) is 0 Å². The average molecular weight is 127 g/mol. The lowest BCUT2D eigenvalue weighted by molar-refractivity contribution is -0.117. The normalized spacial score (nSPS) is 10.3. The van der Waals surface area contributed by atoms with Gasteiger partial charge in [-0.15, -0.1) is 0 Å². The van der Waals surface area contributed by atoms with E-state index in [4.69, 9.17) is 5.73 Å². The van der Waals surface area contributed by atoms with Crippen LogP contribution in [0.15, 0.2) is 12.2 Å². The molecule has 0 atom stereocenters. The van der Waals surface area contributed by atoms with E-state index in [1.807, 2.05) is 12.2 Å². The highest BCUT2D eigenvalue weighted by atomic mass is 16.1. The minimum atomic E-state index is -0.226. The van der Waals surface area contributed by atoms with Gasteiger partial charge in [0, 0.05) is 6.42 Å². The van der Waals surface area contributed by atoms with E-state index in [0.29, 0.717) is 6.42 Å². The van der Waals surface area contributed by atoms with Gasteiger partial charge in [0.2, 0.25) is 5.91 Å². The van der Waals surface area contributed by atoms with Gasteiger partial charge in [-0.3, -0.25) is 4.79 Å². The predicted octanol–water partition coefficient (Wildman–Crippen LogP) is 1.22. The van der Waals surface area contributed by atoms with Gasteiger partial charge in [-0.1, -0.05) is 19.1 Å². The van der Waals surface area contributed by atoms with Crippen molar-refractivity contribution in [3.05, 3.63) is 12.2 Å². The molecule has 0 aromatic heterocycles. The Morgan fingerprint density at radius 1 is 1.56 bits per heavy atom. The molecule has 0 aliphatic heterocycles. The second kappa shape index (κ2) is 5.35. The second-order valence-corrected chi connectivity index (χ2v) is 1.88. The number of rotatable bonds is 4. The lowest BCUT2D eigenvalue weighted by atomic mass is 10.2. The number of amides is 1. The Hall–Kier alpha value is -0.790. The molecule has 0 aliphatic rings. The van der Waals surface area contributed by atoms with E-state index in [1.165, 1.54) is 0 Å². The highest BCUT2D eigenvalue weighted by Gasteiger charge is 1.87. The van der Waals surface area contributed by atoms with Crippen LogP contribution >= 0.6 is 0 Å². The number of carbonyl (C=O) groups is 1. The lowest BCUT2D eigenvalue weighted by Gasteiger charge is -1.86. The maximum Gasteiger partial charge on any atom is 0.217 e. The van der Waals surface area contributed by atoms with E-state index in [9.17, 15) is 4.79 Å². The molecule has 0 saturated carbocycles. The summed E-state index contributed by atoms with van der Waals surface area (Å²) in [6.45, 7) is 2.06. The predicted molar refractivity (Wildman–Crippen MR) is 37.9 cm³/mol. The van der Waals surface area contributed by atoms with Crippen LogP contribution in [0.4, 0.5) is 0 Å². The van der Waals surface area contributed by atoms with Crippen LogP contribution in [0.5, 0.6) is 0 Å². The maximum atomic E-state index is 10.2. The number of hydrogen-bond donors (Lipinski definition) is 1. The van der Waals surface area contributed by atoms with E-state index in [1.54, 1.807) is 0 Å². The molecule has 2 heteroatoms. The van der Waals surface area contributed by atoms with E-state index < -0.39 is 0 Å². The van der Waals surface area contributed by atoms with Crippen molar-refractivity contribution in [2.45, 2.75) is 26.2 Å². The first-order valence-electron chi connectivity index (χ1n) is 3.20. The van der Waals surface area contributed by atoms with Crippen LogP contribution in [0.3, 0.4) is 0 Å². The van der Waals surface area contributed by atoms with Crippen molar-refractivity contribution in [3.8, 4) is 0 Å². The summed E-state index contributed by atoms with van der Waals surface area (Å²) in [4.78, 5) is 10.2. The van der Waals surface area contributed by atoms with Crippen molar-refractivity contribution in [2.24, 2.45) is 5.73 Å². The largest absolute Gasteiger partial charge is 0.370 e. The van der Waals surface area contributed by atoms with Gasteiger partial charge < -0.3 is 5.73 Å². The fourth-order valence-corrected chi connectivity index (χ4v) is 0.510. The smallest absolute Gasteiger partial charge is 0.217 e. The molecule has 2 nitrogen and oxygen atoms in total. The van der Waals surface area contributed by atoms with Crippen molar-refractivity contribution < 1.29 is 4.79 Å². The summed E-state index contributed by atoms with van der Waals surface area (Å²) in [5.74, 6) is -0.226. The molecule has 2 N–H and O–H groups in total. The van der Waals surface area contributed by atoms with Crippen molar-refractivity contribution in [2.75, 3.05) is 0 Å². The number of hydrogen-bond acceptors (Lipinski definition) is 1. The number of allylic oxidation sites excluding steroid dienone is 2. The van der Waals surface area contributed by atoms with Crippen molar-refractivity contribution >= 4 is 5.91 Å². The quantitative estimate of drug-likeness (QED) is 0.567. The summed E-state index contributed by atoms with van der Waals surface area (Å²) in [5.41, 5.74) is 4.90. The highest BCUT2D eigenvalue weighted by Crippen LogP contribution is 1.90. The molecule has 0 radical (unpaired) electrons. The van der Waals surface area contributed by atoms with Gasteiger partial charge in [0.15, 0.2) is 0 Å². The van der Waals surface area contributed by atoms with Gasteiger partial charge >= 0.3 is 0 Å². The first kappa shape index (κ1) is 8.21. The zero-order valence-corrected chi connectivity index (χ0v) is 5.76. The van der Waals surface area contributed by atoms with Crippen LogP contribution < -0.4 is 5.73 Å². The van der Waals surface area contributed by atoms with Gasteiger partial charge in [-0.25, -0.2) is 0 Å². The molecule has 0 aromatic rings. The monoisotopic (exact) mass is 127 g/mol. The first-order valence-corrected chi connectivity index (χ1v) is 3.20. The van der Waals surface area contributed by atoms with Gasteiger partial charge in [-0.2, -0.15) is 0 Å². The Labute approximate surface area is 55.7 Å². The van der Waals surface area contributed by atoms with E-state index in [0.717, 1.165) is 12.8 Å².